The Morgan fingerprint density at radius 1 is 1.30 bits per heavy atom. The lowest BCUT2D eigenvalue weighted by atomic mass is 10.0. The van der Waals surface area contributed by atoms with E-state index in [1.807, 2.05) is 12.1 Å². The van der Waals surface area contributed by atoms with Crippen LogP contribution in [-0.2, 0) is 4.74 Å². The summed E-state index contributed by atoms with van der Waals surface area (Å²) in [6, 6.07) is 10.5. The summed E-state index contributed by atoms with van der Waals surface area (Å²) in [7, 11) is 0. The van der Waals surface area contributed by atoms with Gasteiger partial charge >= 0.3 is 0 Å². The minimum atomic E-state index is -0.147. The summed E-state index contributed by atoms with van der Waals surface area (Å²) in [6.45, 7) is 4.75. The van der Waals surface area contributed by atoms with Gasteiger partial charge in [-0.3, -0.25) is 0 Å². The predicted molar refractivity (Wildman–Crippen MR) is 82.9 cm³/mol. The third kappa shape index (κ3) is 2.46. The summed E-state index contributed by atoms with van der Waals surface area (Å²) >= 11 is 1.79. The zero-order valence-electron chi connectivity index (χ0n) is 11.6. The van der Waals surface area contributed by atoms with E-state index >= 15 is 0 Å². The number of rotatable bonds is 2. The Morgan fingerprint density at radius 2 is 2.10 bits per heavy atom. The van der Waals surface area contributed by atoms with E-state index in [-0.39, 0.29) is 5.54 Å². The Kier molecular flexibility index (Phi) is 3.31. The molecule has 0 radical (unpaired) electrons. The van der Waals surface area contributed by atoms with Crippen molar-refractivity contribution in [2.75, 3.05) is 18.1 Å². The van der Waals surface area contributed by atoms with Gasteiger partial charge in [0.2, 0.25) is 5.90 Å². The SMILES string of the molecule is CC1(C)COC(c2cccc(C3=C(C#N)CSC3)c2)=N1. The molecule has 1 aromatic rings. The highest BCUT2D eigenvalue weighted by Gasteiger charge is 2.27. The van der Waals surface area contributed by atoms with E-state index < -0.39 is 0 Å². The second-order valence-corrected chi connectivity index (χ2v) is 6.65. The van der Waals surface area contributed by atoms with Gasteiger partial charge in [0, 0.05) is 22.6 Å². The molecule has 3 rings (SSSR count). The van der Waals surface area contributed by atoms with E-state index in [9.17, 15) is 5.26 Å². The Labute approximate surface area is 123 Å². The Morgan fingerprint density at radius 3 is 2.80 bits per heavy atom. The summed E-state index contributed by atoms with van der Waals surface area (Å²) in [5.74, 6) is 2.44. The molecule has 0 amide bonds. The first-order valence-electron chi connectivity index (χ1n) is 6.62. The Bertz CT molecular complexity index is 653. The van der Waals surface area contributed by atoms with Crippen LogP contribution in [0.15, 0.2) is 34.8 Å². The molecule has 2 aliphatic rings. The van der Waals surface area contributed by atoms with Crippen LogP contribution in [0.2, 0.25) is 0 Å². The van der Waals surface area contributed by atoms with Crippen LogP contribution in [-0.4, -0.2) is 29.5 Å². The summed E-state index contributed by atoms with van der Waals surface area (Å²) in [4.78, 5) is 4.61. The van der Waals surface area contributed by atoms with Gasteiger partial charge in [0.25, 0.3) is 0 Å². The highest BCUT2D eigenvalue weighted by atomic mass is 32.2. The first kappa shape index (κ1) is 13.3. The van der Waals surface area contributed by atoms with E-state index in [0.717, 1.165) is 33.8 Å². The van der Waals surface area contributed by atoms with Crippen molar-refractivity contribution in [1.29, 1.82) is 5.26 Å². The number of ether oxygens (including phenoxy) is 1. The molecular weight excluding hydrogens is 268 g/mol. The van der Waals surface area contributed by atoms with Crippen LogP contribution in [0.25, 0.3) is 5.57 Å². The highest BCUT2D eigenvalue weighted by Crippen LogP contribution is 2.32. The van der Waals surface area contributed by atoms with Crippen LogP contribution in [0.5, 0.6) is 0 Å². The quantitative estimate of drug-likeness (QED) is 0.837. The van der Waals surface area contributed by atoms with Crippen molar-refractivity contribution >= 4 is 23.2 Å². The van der Waals surface area contributed by atoms with E-state index in [4.69, 9.17) is 4.74 Å². The first-order valence-corrected chi connectivity index (χ1v) is 7.78. The average Bonchev–Trinajstić information content (AvgIpc) is 3.04. The van der Waals surface area contributed by atoms with Gasteiger partial charge in [-0.05, 0) is 37.1 Å². The summed E-state index contributed by atoms with van der Waals surface area (Å²) in [6.07, 6.45) is 0. The van der Waals surface area contributed by atoms with Crippen LogP contribution >= 0.6 is 11.8 Å². The number of nitrogens with zero attached hydrogens (tertiary/aromatic N) is 2. The van der Waals surface area contributed by atoms with Gasteiger partial charge in [-0.25, -0.2) is 4.99 Å². The van der Waals surface area contributed by atoms with E-state index in [2.05, 4.69) is 37.0 Å². The summed E-state index contributed by atoms with van der Waals surface area (Å²) < 4.78 is 5.69. The van der Waals surface area contributed by atoms with Crippen LogP contribution in [0.1, 0.15) is 25.0 Å². The van der Waals surface area contributed by atoms with Crippen molar-refractivity contribution in [1.82, 2.24) is 0 Å². The number of hydrogen-bond donors (Lipinski definition) is 0. The fourth-order valence-electron chi connectivity index (χ4n) is 2.36. The van der Waals surface area contributed by atoms with Crippen molar-refractivity contribution < 1.29 is 4.74 Å². The van der Waals surface area contributed by atoms with E-state index in [0.29, 0.717) is 12.5 Å². The molecule has 4 heteroatoms. The van der Waals surface area contributed by atoms with E-state index in [1.165, 1.54) is 0 Å². The predicted octanol–water partition coefficient (Wildman–Crippen LogP) is 3.27. The molecule has 0 aromatic heterocycles. The summed E-state index contributed by atoms with van der Waals surface area (Å²) in [5, 5.41) is 9.18. The standard InChI is InChI=1S/C16H16N2OS/c1-16(2)10-19-15(18-16)12-5-3-4-11(6-12)14-9-20-8-13(14)7-17/h3-6H,8-10H2,1-2H3. The Balaban J connectivity index is 1.98. The van der Waals surface area contributed by atoms with Gasteiger partial charge in [-0.1, -0.05) is 12.1 Å². The topological polar surface area (TPSA) is 45.4 Å². The molecular formula is C16H16N2OS. The fraction of sp³-hybridized carbons (Fsp3) is 0.375. The molecule has 0 fully saturated rings. The van der Waals surface area contributed by atoms with Gasteiger partial charge < -0.3 is 4.74 Å². The van der Waals surface area contributed by atoms with Crippen molar-refractivity contribution in [3.63, 3.8) is 0 Å². The van der Waals surface area contributed by atoms with Crippen molar-refractivity contribution in [3.8, 4) is 6.07 Å². The monoisotopic (exact) mass is 284 g/mol. The molecule has 20 heavy (non-hydrogen) atoms. The molecule has 0 saturated carbocycles. The van der Waals surface area contributed by atoms with Crippen LogP contribution < -0.4 is 0 Å². The smallest absolute Gasteiger partial charge is 0.216 e. The van der Waals surface area contributed by atoms with E-state index in [1.54, 1.807) is 11.8 Å². The minimum Gasteiger partial charge on any atom is -0.475 e. The van der Waals surface area contributed by atoms with Gasteiger partial charge in [0.15, 0.2) is 0 Å². The maximum absolute atomic E-state index is 9.18. The van der Waals surface area contributed by atoms with Crippen molar-refractivity contribution in [3.05, 3.63) is 41.0 Å². The molecule has 2 aliphatic heterocycles. The highest BCUT2D eigenvalue weighted by molar-refractivity contribution is 8.00. The third-order valence-electron chi connectivity index (χ3n) is 3.42. The molecule has 1 aromatic carbocycles. The van der Waals surface area contributed by atoms with Crippen LogP contribution in [0, 0.1) is 11.3 Å². The second-order valence-electron chi connectivity index (χ2n) is 5.66. The zero-order valence-corrected chi connectivity index (χ0v) is 12.5. The van der Waals surface area contributed by atoms with Crippen molar-refractivity contribution in [2.45, 2.75) is 19.4 Å². The molecule has 0 atom stereocenters. The number of benzene rings is 1. The maximum atomic E-state index is 9.18. The van der Waals surface area contributed by atoms with Gasteiger partial charge in [0.1, 0.15) is 6.61 Å². The minimum absolute atomic E-state index is 0.147. The molecule has 0 N–H and O–H groups in total. The largest absolute Gasteiger partial charge is 0.475 e. The zero-order chi connectivity index (χ0) is 14.2. The molecule has 2 heterocycles. The molecule has 0 spiro atoms. The summed E-state index contributed by atoms with van der Waals surface area (Å²) in [5.41, 5.74) is 4.00. The molecule has 0 bridgehead atoms. The number of thioether (sulfide) groups is 1. The molecule has 102 valence electrons. The maximum Gasteiger partial charge on any atom is 0.216 e. The van der Waals surface area contributed by atoms with Crippen LogP contribution in [0.4, 0.5) is 0 Å². The lowest BCUT2D eigenvalue weighted by Crippen LogP contribution is -2.17. The molecule has 0 aliphatic carbocycles. The number of hydrogen-bond acceptors (Lipinski definition) is 4. The Hall–Kier alpha value is -1.73. The molecule has 0 unspecified atom stereocenters. The van der Waals surface area contributed by atoms with Gasteiger partial charge in [0.05, 0.1) is 11.6 Å². The molecule has 0 saturated heterocycles. The van der Waals surface area contributed by atoms with Gasteiger partial charge in [-0.2, -0.15) is 17.0 Å². The lowest BCUT2D eigenvalue weighted by molar-refractivity contribution is 0.279. The number of nitriles is 1. The molecule has 3 nitrogen and oxygen atoms in total. The van der Waals surface area contributed by atoms with Gasteiger partial charge in [-0.15, -0.1) is 0 Å². The van der Waals surface area contributed by atoms with Crippen LogP contribution in [0.3, 0.4) is 0 Å². The lowest BCUT2D eigenvalue weighted by Gasteiger charge is -2.07. The average molecular weight is 284 g/mol. The van der Waals surface area contributed by atoms with Crippen molar-refractivity contribution in [2.24, 2.45) is 4.99 Å². The first-order chi connectivity index (χ1) is 9.59. The fourth-order valence-corrected chi connectivity index (χ4v) is 3.45. The second kappa shape index (κ2) is 4.99. The third-order valence-corrected chi connectivity index (χ3v) is 4.40. The number of aliphatic imine (C=N–C) groups is 1. The normalized spacial score (nSPS) is 20.6.